The zero-order chi connectivity index (χ0) is 28.2. The number of aryl methyl sites for hydroxylation is 2. The van der Waals surface area contributed by atoms with Crippen LogP contribution in [-0.4, -0.2) is 82.2 Å². The van der Waals surface area contributed by atoms with Crippen LogP contribution in [-0.2, 0) is 6.42 Å². The maximum atomic E-state index is 12.4. The number of benzene rings is 1. The van der Waals surface area contributed by atoms with E-state index in [1.165, 1.54) is 49.9 Å². The van der Waals surface area contributed by atoms with Crippen molar-refractivity contribution >= 4 is 23.2 Å². The molecule has 0 spiro atoms. The number of nitrogens with one attached hydrogen (secondary N) is 2. The van der Waals surface area contributed by atoms with E-state index in [0.29, 0.717) is 24.0 Å². The second-order valence-corrected chi connectivity index (χ2v) is 12.1. The van der Waals surface area contributed by atoms with Gasteiger partial charge in [0.05, 0.1) is 11.8 Å². The molecule has 1 saturated carbocycles. The van der Waals surface area contributed by atoms with Crippen molar-refractivity contribution in [1.82, 2.24) is 19.8 Å². The lowest BCUT2D eigenvalue weighted by atomic mass is 9.85. The molecule has 5 N–H and O–H groups in total. The SMILES string of the molecule is CCc1nc(C(N)=O)c(Nc2ccc(C)c(C3CCN(C4CCN(C)CC4)CC3)c2)nc1NC1CCC(O)CC1. The van der Waals surface area contributed by atoms with Gasteiger partial charge in [0.15, 0.2) is 11.5 Å². The summed E-state index contributed by atoms with van der Waals surface area (Å²) in [4.78, 5) is 27.0. The van der Waals surface area contributed by atoms with Gasteiger partial charge in [0, 0.05) is 17.8 Å². The first-order valence-corrected chi connectivity index (χ1v) is 15.3. The zero-order valence-corrected chi connectivity index (χ0v) is 24.5. The van der Waals surface area contributed by atoms with E-state index in [9.17, 15) is 9.90 Å². The number of nitrogens with zero attached hydrogens (tertiary/aromatic N) is 4. The highest BCUT2D eigenvalue weighted by Crippen LogP contribution is 2.35. The van der Waals surface area contributed by atoms with Crippen LogP contribution in [0.15, 0.2) is 18.2 Å². The van der Waals surface area contributed by atoms with Gasteiger partial charge in [0.25, 0.3) is 5.91 Å². The highest BCUT2D eigenvalue weighted by atomic mass is 16.3. The Balaban J connectivity index is 1.32. The molecule has 9 heteroatoms. The van der Waals surface area contributed by atoms with Crippen LogP contribution in [0.4, 0.5) is 17.3 Å². The van der Waals surface area contributed by atoms with E-state index in [1.54, 1.807) is 0 Å². The van der Waals surface area contributed by atoms with Crippen LogP contribution in [0, 0.1) is 6.92 Å². The summed E-state index contributed by atoms with van der Waals surface area (Å²) >= 11 is 0. The van der Waals surface area contributed by atoms with Crippen molar-refractivity contribution in [3.8, 4) is 0 Å². The van der Waals surface area contributed by atoms with Gasteiger partial charge in [0.2, 0.25) is 0 Å². The van der Waals surface area contributed by atoms with Gasteiger partial charge < -0.3 is 31.3 Å². The standard InChI is InChI=1S/C31H47N7O2/c1-4-27-30(33-22-7-9-25(39)10-8-22)36-31(28(35-27)29(32)40)34-23-6-5-20(2)26(19-23)21-11-17-38(18-12-21)24-13-15-37(3)16-14-24/h5-6,19,21-22,24-25,39H,4,7-18H2,1-3H3,(H2,32,40)(H2,33,34,36). The summed E-state index contributed by atoms with van der Waals surface area (Å²) < 4.78 is 0. The number of nitrogens with two attached hydrogens (primary N) is 1. The molecule has 0 radical (unpaired) electrons. The molecule has 5 rings (SSSR count). The third-order valence-corrected chi connectivity index (χ3v) is 9.29. The van der Waals surface area contributed by atoms with Crippen LogP contribution in [0.3, 0.4) is 0 Å². The Morgan fingerprint density at radius 3 is 2.35 bits per heavy atom. The maximum Gasteiger partial charge on any atom is 0.271 e. The Labute approximate surface area is 238 Å². The fourth-order valence-corrected chi connectivity index (χ4v) is 6.74. The average Bonchev–Trinajstić information content (AvgIpc) is 2.96. The molecule has 1 aromatic carbocycles. The minimum atomic E-state index is -0.592. The molecule has 1 aromatic heterocycles. The van der Waals surface area contributed by atoms with Crippen molar-refractivity contribution in [3.63, 3.8) is 0 Å². The van der Waals surface area contributed by atoms with Crippen LogP contribution in [0.25, 0.3) is 0 Å². The average molecular weight is 550 g/mol. The molecule has 2 saturated heterocycles. The molecule has 0 bridgehead atoms. The highest BCUT2D eigenvalue weighted by Gasteiger charge is 2.29. The third-order valence-electron chi connectivity index (χ3n) is 9.29. The van der Waals surface area contributed by atoms with Crippen LogP contribution in [0.2, 0.25) is 0 Å². The molecule has 40 heavy (non-hydrogen) atoms. The number of piperidine rings is 2. The van der Waals surface area contributed by atoms with Crippen LogP contribution < -0.4 is 16.4 Å². The number of carbonyl (C=O) groups excluding carboxylic acids is 1. The number of anilines is 3. The van der Waals surface area contributed by atoms with E-state index in [1.807, 2.05) is 13.0 Å². The number of rotatable bonds is 8. The molecule has 0 unspecified atom stereocenters. The van der Waals surface area contributed by atoms with Gasteiger partial charge in [-0.2, -0.15) is 0 Å². The van der Waals surface area contributed by atoms with Gasteiger partial charge in [-0.15, -0.1) is 0 Å². The number of aromatic nitrogens is 2. The normalized spacial score (nSPS) is 23.7. The first kappa shape index (κ1) is 28.8. The minimum absolute atomic E-state index is 0.162. The predicted octanol–water partition coefficient (Wildman–Crippen LogP) is 4.18. The number of hydrogen-bond donors (Lipinski definition) is 4. The van der Waals surface area contributed by atoms with E-state index in [2.05, 4.69) is 51.5 Å². The second kappa shape index (κ2) is 12.8. The Kier molecular flexibility index (Phi) is 9.23. The topological polar surface area (TPSA) is 120 Å². The minimum Gasteiger partial charge on any atom is -0.393 e. The Morgan fingerprint density at radius 1 is 1.00 bits per heavy atom. The fraction of sp³-hybridized carbons (Fsp3) is 0.645. The molecule has 0 atom stereocenters. The number of likely N-dealkylation sites (tertiary alicyclic amines) is 2. The molecule has 9 nitrogen and oxygen atoms in total. The van der Waals surface area contributed by atoms with E-state index in [4.69, 9.17) is 10.7 Å². The number of primary amides is 1. The van der Waals surface area contributed by atoms with E-state index < -0.39 is 5.91 Å². The predicted molar refractivity (Wildman–Crippen MR) is 160 cm³/mol. The van der Waals surface area contributed by atoms with E-state index >= 15 is 0 Å². The molecule has 1 aliphatic carbocycles. The zero-order valence-electron chi connectivity index (χ0n) is 24.5. The van der Waals surface area contributed by atoms with Crippen molar-refractivity contribution in [1.29, 1.82) is 0 Å². The Hall–Kier alpha value is -2.75. The number of amides is 1. The van der Waals surface area contributed by atoms with E-state index in [0.717, 1.165) is 56.2 Å². The van der Waals surface area contributed by atoms with Crippen molar-refractivity contribution in [3.05, 3.63) is 40.7 Å². The molecular weight excluding hydrogens is 502 g/mol. The molecule has 3 aliphatic rings. The number of aliphatic hydroxyl groups is 1. The van der Waals surface area contributed by atoms with Gasteiger partial charge in [-0.25, -0.2) is 9.97 Å². The van der Waals surface area contributed by atoms with Gasteiger partial charge in [-0.05, 0) is 127 Å². The summed E-state index contributed by atoms with van der Waals surface area (Å²) in [5, 5.41) is 16.8. The molecule has 2 aliphatic heterocycles. The third kappa shape index (κ3) is 6.75. The maximum absolute atomic E-state index is 12.4. The number of hydrogen-bond acceptors (Lipinski definition) is 8. The quantitative estimate of drug-likeness (QED) is 0.387. The summed E-state index contributed by atoms with van der Waals surface area (Å²) in [6.45, 7) is 8.90. The Morgan fingerprint density at radius 2 is 1.70 bits per heavy atom. The molecule has 3 heterocycles. The smallest absolute Gasteiger partial charge is 0.271 e. The van der Waals surface area contributed by atoms with Crippen molar-refractivity contribution in [2.45, 2.75) is 95.7 Å². The lowest BCUT2D eigenvalue weighted by Crippen LogP contribution is -2.46. The largest absolute Gasteiger partial charge is 0.393 e. The monoisotopic (exact) mass is 549 g/mol. The van der Waals surface area contributed by atoms with Crippen LogP contribution in [0.5, 0.6) is 0 Å². The Bertz CT molecular complexity index is 1160. The highest BCUT2D eigenvalue weighted by molar-refractivity contribution is 5.96. The van der Waals surface area contributed by atoms with Gasteiger partial charge in [-0.3, -0.25) is 4.79 Å². The van der Waals surface area contributed by atoms with E-state index in [-0.39, 0.29) is 17.8 Å². The van der Waals surface area contributed by atoms with Crippen LogP contribution >= 0.6 is 0 Å². The first-order valence-electron chi connectivity index (χ1n) is 15.3. The molecule has 3 fully saturated rings. The first-order chi connectivity index (χ1) is 19.3. The molecule has 2 aromatic rings. The second-order valence-electron chi connectivity index (χ2n) is 12.1. The van der Waals surface area contributed by atoms with Crippen molar-refractivity contribution in [2.75, 3.05) is 43.9 Å². The molecule has 1 amide bonds. The molecular formula is C31H47N7O2. The van der Waals surface area contributed by atoms with Crippen molar-refractivity contribution < 1.29 is 9.90 Å². The summed E-state index contributed by atoms with van der Waals surface area (Å²) in [7, 11) is 2.22. The fourth-order valence-electron chi connectivity index (χ4n) is 6.74. The summed E-state index contributed by atoms with van der Waals surface area (Å²) in [5.74, 6) is 0.998. The summed E-state index contributed by atoms with van der Waals surface area (Å²) in [6.07, 6.45) is 8.61. The lowest BCUT2D eigenvalue weighted by molar-refractivity contribution is 0.0966. The number of aliphatic hydroxyl groups excluding tert-OH is 1. The summed E-state index contributed by atoms with van der Waals surface area (Å²) in [5.41, 5.74) is 10.2. The van der Waals surface area contributed by atoms with Crippen LogP contribution in [0.1, 0.15) is 91.5 Å². The molecule has 218 valence electrons. The number of carbonyl (C=O) groups is 1. The van der Waals surface area contributed by atoms with Crippen molar-refractivity contribution in [2.24, 2.45) is 5.73 Å². The van der Waals surface area contributed by atoms with Gasteiger partial charge >= 0.3 is 0 Å². The van der Waals surface area contributed by atoms with Gasteiger partial charge in [-0.1, -0.05) is 13.0 Å². The van der Waals surface area contributed by atoms with Gasteiger partial charge in [0.1, 0.15) is 5.82 Å². The lowest BCUT2D eigenvalue weighted by Gasteiger charge is -2.41. The summed E-state index contributed by atoms with van der Waals surface area (Å²) in [6, 6.07) is 7.38.